The lowest BCUT2D eigenvalue weighted by Gasteiger charge is -1.96. The number of hydrogen-bond donors (Lipinski definition) is 0. The minimum Gasteiger partial charge on any atom is -0.341 e. The minimum atomic E-state index is -1.19. The van der Waals surface area contributed by atoms with Gasteiger partial charge in [-0.2, -0.15) is 0 Å². The van der Waals surface area contributed by atoms with E-state index in [1.54, 1.807) is 0 Å². The van der Waals surface area contributed by atoms with E-state index in [4.69, 9.17) is 0 Å². The molecule has 12 heteroatoms. The lowest BCUT2D eigenvalue weighted by Crippen LogP contribution is -1.99. The SMILES string of the molecule is Cn1c2cc(C=C3C(=O)c4cc(F)c(F)cc4C3=O)sc2c2sc3cc(C=C4C(=O)c5cc(F)c(F)cc5C4=O)sc3c21. The molecule has 210 valence electrons. The zero-order valence-corrected chi connectivity index (χ0v) is 23.9. The van der Waals surface area contributed by atoms with Gasteiger partial charge in [0.1, 0.15) is 0 Å². The molecule has 0 fully saturated rings. The van der Waals surface area contributed by atoms with E-state index in [-0.39, 0.29) is 33.4 Å². The molecule has 4 aromatic heterocycles. The van der Waals surface area contributed by atoms with Crippen LogP contribution in [0.5, 0.6) is 0 Å². The van der Waals surface area contributed by atoms with Crippen LogP contribution in [0.2, 0.25) is 0 Å². The van der Waals surface area contributed by atoms with Crippen LogP contribution >= 0.6 is 34.0 Å². The number of allylic oxidation sites excluding steroid dienone is 2. The molecule has 0 amide bonds. The Kier molecular flexibility index (Phi) is 5.32. The highest BCUT2D eigenvalue weighted by molar-refractivity contribution is 7.35. The molecular formula is C31H11F4NO4S3. The van der Waals surface area contributed by atoms with Crippen molar-refractivity contribution in [2.45, 2.75) is 0 Å². The number of benzene rings is 2. The molecule has 0 bridgehead atoms. The van der Waals surface area contributed by atoms with Crippen molar-refractivity contribution in [3.05, 3.63) is 103 Å². The Bertz CT molecular complexity index is 2350. The molecule has 0 N–H and O–H groups in total. The van der Waals surface area contributed by atoms with Crippen LogP contribution in [0.1, 0.15) is 51.2 Å². The average Bonchev–Trinajstić information content (AvgIpc) is 3.77. The summed E-state index contributed by atoms with van der Waals surface area (Å²) in [5, 5.41) is 0. The van der Waals surface area contributed by atoms with E-state index in [1.807, 2.05) is 23.7 Å². The first kappa shape index (κ1) is 26.1. The van der Waals surface area contributed by atoms with Crippen molar-refractivity contribution in [2.75, 3.05) is 0 Å². The third-order valence-corrected chi connectivity index (χ3v) is 11.2. The van der Waals surface area contributed by atoms with Gasteiger partial charge in [0.25, 0.3) is 0 Å². The van der Waals surface area contributed by atoms with Crippen LogP contribution in [0.3, 0.4) is 0 Å². The van der Waals surface area contributed by atoms with Gasteiger partial charge in [0.05, 0.1) is 36.3 Å². The number of Topliss-reactive ketones (excluding diaryl/α,β-unsaturated/α-hetero) is 4. The van der Waals surface area contributed by atoms with E-state index in [1.165, 1.54) is 46.2 Å². The topological polar surface area (TPSA) is 73.2 Å². The lowest BCUT2D eigenvalue weighted by molar-refractivity contribution is 0.0975. The summed E-state index contributed by atoms with van der Waals surface area (Å²) in [6.07, 6.45) is 2.90. The van der Waals surface area contributed by atoms with Crippen molar-refractivity contribution in [2.24, 2.45) is 7.05 Å². The largest absolute Gasteiger partial charge is 0.341 e. The average molecular weight is 634 g/mol. The molecule has 0 aliphatic heterocycles. The van der Waals surface area contributed by atoms with Gasteiger partial charge in [-0.15, -0.1) is 34.0 Å². The molecule has 2 aliphatic rings. The number of fused-ring (bicyclic) bond motifs is 7. The van der Waals surface area contributed by atoms with Crippen molar-refractivity contribution in [1.82, 2.24) is 4.57 Å². The zero-order valence-electron chi connectivity index (χ0n) is 21.4. The Labute approximate surface area is 249 Å². The second-order valence-corrected chi connectivity index (χ2v) is 13.3. The van der Waals surface area contributed by atoms with E-state index in [9.17, 15) is 36.7 Å². The Hall–Kier alpha value is -4.52. The van der Waals surface area contributed by atoms with Gasteiger partial charge in [0, 0.05) is 43.8 Å². The lowest BCUT2D eigenvalue weighted by atomic mass is 10.1. The van der Waals surface area contributed by atoms with Crippen molar-refractivity contribution < 1.29 is 36.7 Å². The Balaban J connectivity index is 1.17. The van der Waals surface area contributed by atoms with Gasteiger partial charge in [-0.25, -0.2) is 17.6 Å². The number of carbonyl (C=O) groups is 4. The molecule has 8 rings (SSSR count). The smallest absolute Gasteiger partial charge is 0.197 e. The molecule has 0 atom stereocenters. The molecule has 0 unspecified atom stereocenters. The molecule has 2 aromatic carbocycles. The minimum absolute atomic E-state index is 0.153. The number of hydrogen-bond acceptors (Lipinski definition) is 7. The maximum absolute atomic E-state index is 13.7. The highest BCUT2D eigenvalue weighted by Crippen LogP contribution is 2.47. The second-order valence-electron chi connectivity index (χ2n) is 10.1. The van der Waals surface area contributed by atoms with Crippen LogP contribution in [0.4, 0.5) is 17.6 Å². The molecule has 2 aliphatic carbocycles. The highest BCUT2D eigenvalue weighted by Gasteiger charge is 2.36. The normalized spacial score (nSPS) is 14.7. The monoisotopic (exact) mass is 633 g/mol. The van der Waals surface area contributed by atoms with E-state index >= 15 is 0 Å². The van der Waals surface area contributed by atoms with Crippen LogP contribution in [-0.2, 0) is 7.05 Å². The fraction of sp³-hybridized carbons (Fsp3) is 0.0323. The Morgan fingerprint density at radius 2 is 0.977 bits per heavy atom. The standard InChI is InChI=1S/C31H11F4NO4S3/c1-36-22-4-10(2-16-25(37)12-6-18(32)19(33)7-13(12)26(16)38)41-29(22)31-24(36)30-23(43-31)5-11(42-30)3-17-27(39)14-8-20(34)21(35)9-15(14)28(17)40/h2-9H,1H3. The van der Waals surface area contributed by atoms with Gasteiger partial charge < -0.3 is 4.57 Å². The molecule has 43 heavy (non-hydrogen) atoms. The van der Waals surface area contributed by atoms with Crippen LogP contribution in [0.25, 0.3) is 42.0 Å². The molecule has 0 spiro atoms. The van der Waals surface area contributed by atoms with Gasteiger partial charge in [0.2, 0.25) is 0 Å². The maximum Gasteiger partial charge on any atom is 0.197 e. The van der Waals surface area contributed by atoms with Crippen LogP contribution in [0.15, 0.2) is 47.5 Å². The fourth-order valence-corrected chi connectivity index (χ4v) is 9.53. The summed E-state index contributed by atoms with van der Waals surface area (Å²) in [7, 11) is 1.87. The number of ketones is 4. The molecule has 0 radical (unpaired) electrons. The number of halogens is 4. The molecular weight excluding hydrogens is 623 g/mol. The summed E-state index contributed by atoms with van der Waals surface area (Å²) >= 11 is 4.24. The quantitative estimate of drug-likeness (QED) is 0.110. The first-order chi connectivity index (χ1) is 20.5. The first-order valence-corrected chi connectivity index (χ1v) is 15.0. The third-order valence-electron chi connectivity index (χ3n) is 7.64. The van der Waals surface area contributed by atoms with Crippen molar-refractivity contribution >= 4 is 99.1 Å². The molecule has 0 saturated carbocycles. The summed E-state index contributed by atoms with van der Waals surface area (Å²) in [6, 6.07) is 6.67. The van der Waals surface area contributed by atoms with Crippen molar-refractivity contribution in [3.8, 4) is 0 Å². The first-order valence-electron chi connectivity index (χ1n) is 12.6. The fourth-order valence-electron chi connectivity index (χ4n) is 5.61. The van der Waals surface area contributed by atoms with Crippen molar-refractivity contribution in [1.29, 1.82) is 0 Å². The van der Waals surface area contributed by atoms with Gasteiger partial charge in [-0.3, -0.25) is 19.2 Å². The highest BCUT2D eigenvalue weighted by atomic mass is 32.1. The van der Waals surface area contributed by atoms with E-state index in [2.05, 4.69) is 0 Å². The summed E-state index contributed by atoms with van der Waals surface area (Å²) in [6.45, 7) is 0. The Morgan fingerprint density at radius 3 is 1.44 bits per heavy atom. The predicted molar refractivity (Wildman–Crippen MR) is 158 cm³/mol. The number of nitrogens with zero attached hydrogens (tertiary/aromatic N) is 1. The van der Waals surface area contributed by atoms with Gasteiger partial charge in [0.15, 0.2) is 46.4 Å². The summed E-state index contributed by atoms with van der Waals surface area (Å²) in [4.78, 5) is 52.5. The van der Waals surface area contributed by atoms with E-state index in [0.717, 1.165) is 54.1 Å². The molecule has 5 nitrogen and oxygen atoms in total. The van der Waals surface area contributed by atoms with E-state index < -0.39 is 46.4 Å². The van der Waals surface area contributed by atoms with Gasteiger partial charge >= 0.3 is 0 Å². The number of rotatable bonds is 2. The third kappa shape index (κ3) is 3.54. The predicted octanol–water partition coefficient (Wildman–Crippen LogP) is 8.15. The summed E-state index contributed by atoms with van der Waals surface area (Å²) in [5.74, 6) is -7.39. The molecule has 0 saturated heterocycles. The molecule has 4 heterocycles. The maximum atomic E-state index is 13.7. The van der Waals surface area contributed by atoms with Gasteiger partial charge in [-0.05, 0) is 48.6 Å². The number of thiophene rings is 3. The van der Waals surface area contributed by atoms with Crippen molar-refractivity contribution in [3.63, 3.8) is 0 Å². The van der Waals surface area contributed by atoms with Crippen LogP contribution in [-0.4, -0.2) is 27.7 Å². The second kappa shape index (κ2) is 8.75. The zero-order chi connectivity index (χ0) is 30.1. The number of aromatic nitrogens is 1. The summed E-state index contributed by atoms with van der Waals surface area (Å²) in [5.41, 5.74) is 0.830. The van der Waals surface area contributed by atoms with Gasteiger partial charge in [-0.1, -0.05) is 0 Å². The summed E-state index contributed by atoms with van der Waals surface area (Å²) < 4.78 is 60.5. The molecule has 6 aromatic rings. The number of carbonyl (C=O) groups excluding carboxylic acids is 4. The number of aryl methyl sites for hydroxylation is 1. The van der Waals surface area contributed by atoms with Crippen LogP contribution < -0.4 is 0 Å². The Morgan fingerprint density at radius 1 is 0.558 bits per heavy atom. The van der Waals surface area contributed by atoms with Crippen LogP contribution in [0, 0.1) is 23.3 Å². The van der Waals surface area contributed by atoms with E-state index in [0.29, 0.717) is 9.75 Å².